The van der Waals surface area contributed by atoms with Crippen LogP contribution in [0.1, 0.15) is 36.9 Å². The minimum atomic E-state index is 0.455. The number of nitrogens with zero attached hydrogens (tertiary/aromatic N) is 5. The topological polar surface area (TPSA) is 76.1 Å². The Labute approximate surface area is 204 Å². The van der Waals surface area contributed by atoms with Crippen molar-refractivity contribution in [2.24, 2.45) is 0 Å². The quantitative estimate of drug-likeness (QED) is 0.339. The van der Waals surface area contributed by atoms with Crippen molar-refractivity contribution in [1.82, 2.24) is 24.8 Å². The van der Waals surface area contributed by atoms with E-state index in [0.29, 0.717) is 12.1 Å². The average molecular weight is 475 g/mol. The minimum absolute atomic E-state index is 0.455. The second-order valence-electron chi connectivity index (χ2n) is 9.35. The van der Waals surface area contributed by atoms with Crippen LogP contribution >= 0.6 is 11.8 Å². The van der Waals surface area contributed by atoms with Crippen molar-refractivity contribution in [3.05, 3.63) is 48.2 Å². The van der Waals surface area contributed by atoms with Crippen LogP contribution in [-0.4, -0.2) is 69.5 Å². The monoisotopic (exact) mass is 474 g/mol. The van der Waals surface area contributed by atoms with E-state index >= 15 is 0 Å². The molecule has 1 saturated carbocycles. The van der Waals surface area contributed by atoms with Crippen LogP contribution in [-0.2, 0) is 11.2 Å². The fourth-order valence-corrected chi connectivity index (χ4v) is 5.88. The molecule has 0 bridgehead atoms. The molecule has 2 aromatic heterocycles. The fraction of sp³-hybridized carbons (Fsp3) is 0.462. The number of hydrogen-bond acceptors (Lipinski definition) is 8. The van der Waals surface area contributed by atoms with Gasteiger partial charge in [-0.25, -0.2) is 19.9 Å². The van der Waals surface area contributed by atoms with Gasteiger partial charge in [0.15, 0.2) is 5.16 Å². The molecule has 7 nitrogen and oxygen atoms in total. The first-order valence-electron chi connectivity index (χ1n) is 12.2. The molecule has 1 aromatic carbocycles. The summed E-state index contributed by atoms with van der Waals surface area (Å²) in [5.41, 5.74) is 6.96. The fourth-order valence-electron chi connectivity index (χ4n) is 5.56. The average Bonchev–Trinajstić information content (AvgIpc) is 3.28. The van der Waals surface area contributed by atoms with Crippen molar-refractivity contribution >= 4 is 17.6 Å². The van der Waals surface area contributed by atoms with Crippen molar-refractivity contribution in [2.75, 3.05) is 37.9 Å². The Morgan fingerprint density at radius 2 is 1.76 bits per heavy atom. The van der Waals surface area contributed by atoms with Crippen LogP contribution in [0.2, 0.25) is 0 Å². The maximum atomic E-state index is 5.53. The van der Waals surface area contributed by atoms with Crippen LogP contribution in [0.25, 0.3) is 22.3 Å². The highest BCUT2D eigenvalue weighted by Crippen LogP contribution is 2.42. The molecule has 1 N–H and O–H groups in total. The number of thioether (sulfide) groups is 1. The predicted octanol–water partition coefficient (Wildman–Crippen LogP) is 4.28. The van der Waals surface area contributed by atoms with Gasteiger partial charge in [-0.15, -0.1) is 0 Å². The summed E-state index contributed by atoms with van der Waals surface area (Å²) in [6.45, 7) is 3.90. The summed E-state index contributed by atoms with van der Waals surface area (Å²) in [6.07, 6.45) is 13.2. The van der Waals surface area contributed by atoms with E-state index in [1.54, 1.807) is 18.1 Å². The first-order chi connectivity index (χ1) is 16.8. The molecule has 3 aromatic rings. The Hall–Kier alpha value is -2.55. The molecular weight excluding hydrogens is 444 g/mol. The molecule has 3 heterocycles. The number of morpholine rings is 1. The van der Waals surface area contributed by atoms with E-state index in [0.717, 1.165) is 66.1 Å². The van der Waals surface area contributed by atoms with E-state index in [-0.39, 0.29) is 0 Å². The van der Waals surface area contributed by atoms with Crippen molar-refractivity contribution in [1.29, 1.82) is 0 Å². The van der Waals surface area contributed by atoms with E-state index in [4.69, 9.17) is 9.72 Å². The largest absolute Gasteiger partial charge is 0.379 e. The van der Waals surface area contributed by atoms with Gasteiger partial charge >= 0.3 is 0 Å². The molecule has 0 unspecified atom stereocenters. The lowest BCUT2D eigenvalue weighted by Gasteiger charge is -2.39. The number of fused-ring (bicyclic) bond motifs is 3. The van der Waals surface area contributed by atoms with Gasteiger partial charge < -0.3 is 10.1 Å². The summed E-state index contributed by atoms with van der Waals surface area (Å²) in [5, 5.41) is 4.59. The van der Waals surface area contributed by atoms with E-state index < -0.39 is 0 Å². The Kier molecular flexibility index (Phi) is 6.20. The number of ether oxygens (including phenoxy) is 1. The third-order valence-corrected chi connectivity index (χ3v) is 7.98. The second-order valence-corrected chi connectivity index (χ2v) is 10.1. The lowest BCUT2D eigenvalue weighted by atomic mass is 9.89. The summed E-state index contributed by atoms with van der Waals surface area (Å²) in [7, 11) is 0. The van der Waals surface area contributed by atoms with Crippen LogP contribution in [0.15, 0.2) is 42.1 Å². The smallest absolute Gasteiger partial charge is 0.187 e. The van der Waals surface area contributed by atoms with Crippen molar-refractivity contribution < 1.29 is 4.74 Å². The summed E-state index contributed by atoms with van der Waals surface area (Å²) in [5.74, 6) is 0.977. The number of rotatable bonds is 5. The molecule has 2 aliphatic carbocycles. The van der Waals surface area contributed by atoms with Gasteiger partial charge in [0.1, 0.15) is 12.1 Å². The van der Waals surface area contributed by atoms with Gasteiger partial charge in [0, 0.05) is 55.1 Å². The SMILES string of the molecule is CSc1ncc(-c2ccc3c(c2)-c2c(ncnc2NC2CCC(N4CCOCC4)CC2)C3)cn1. The molecular formula is C26H30N6OS. The third kappa shape index (κ3) is 4.30. The van der Waals surface area contributed by atoms with Gasteiger partial charge in [-0.3, -0.25) is 4.90 Å². The maximum absolute atomic E-state index is 5.53. The van der Waals surface area contributed by atoms with E-state index in [1.165, 1.54) is 36.8 Å². The van der Waals surface area contributed by atoms with Gasteiger partial charge in [-0.2, -0.15) is 0 Å². The Morgan fingerprint density at radius 1 is 0.971 bits per heavy atom. The molecule has 176 valence electrons. The molecule has 0 atom stereocenters. The van der Waals surface area contributed by atoms with Gasteiger partial charge in [-0.1, -0.05) is 23.9 Å². The zero-order valence-electron chi connectivity index (χ0n) is 19.5. The molecule has 8 heteroatoms. The van der Waals surface area contributed by atoms with Crippen LogP contribution < -0.4 is 5.32 Å². The van der Waals surface area contributed by atoms with E-state index in [9.17, 15) is 0 Å². The molecule has 0 amide bonds. The lowest BCUT2D eigenvalue weighted by Crippen LogP contribution is -2.46. The Morgan fingerprint density at radius 3 is 2.53 bits per heavy atom. The van der Waals surface area contributed by atoms with Gasteiger partial charge in [-0.05, 0) is 54.7 Å². The zero-order chi connectivity index (χ0) is 22.9. The zero-order valence-corrected chi connectivity index (χ0v) is 20.4. The standard InChI is InChI=1S/C26H30N6OS/c1-34-26-27-14-19(15-28-26)17-2-3-18-13-23-24(22(18)12-17)25(30-16-29-23)31-20-4-6-21(7-5-20)32-8-10-33-11-9-32/h2-3,12,14-16,20-21H,4-11,13H2,1H3,(H,29,30,31). The predicted molar refractivity (Wildman–Crippen MR) is 135 cm³/mol. The van der Waals surface area contributed by atoms with Crippen molar-refractivity contribution in [2.45, 2.75) is 49.3 Å². The highest BCUT2D eigenvalue weighted by Gasteiger charge is 2.29. The number of nitrogens with one attached hydrogen (secondary N) is 1. The van der Waals surface area contributed by atoms with Crippen LogP contribution in [0.4, 0.5) is 5.82 Å². The summed E-state index contributed by atoms with van der Waals surface area (Å²) in [6, 6.07) is 7.78. The third-order valence-electron chi connectivity index (χ3n) is 7.41. The molecule has 1 saturated heterocycles. The number of aromatic nitrogens is 4. The van der Waals surface area contributed by atoms with Crippen molar-refractivity contribution in [3.8, 4) is 22.3 Å². The number of hydrogen-bond donors (Lipinski definition) is 1. The van der Waals surface area contributed by atoms with Gasteiger partial charge in [0.2, 0.25) is 0 Å². The highest BCUT2D eigenvalue weighted by atomic mass is 32.2. The second kappa shape index (κ2) is 9.60. The lowest BCUT2D eigenvalue weighted by molar-refractivity contribution is 0.00791. The van der Waals surface area contributed by atoms with Crippen LogP contribution in [0.5, 0.6) is 0 Å². The molecule has 34 heavy (non-hydrogen) atoms. The van der Waals surface area contributed by atoms with Crippen LogP contribution in [0.3, 0.4) is 0 Å². The van der Waals surface area contributed by atoms with Crippen LogP contribution in [0, 0.1) is 0 Å². The molecule has 6 rings (SSSR count). The maximum Gasteiger partial charge on any atom is 0.187 e. The van der Waals surface area contributed by atoms with E-state index in [2.05, 4.69) is 43.4 Å². The van der Waals surface area contributed by atoms with Crippen molar-refractivity contribution in [3.63, 3.8) is 0 Å². The first kappa shape index (κ1) is 21.9. The highest BCUT2D eigenvalue weighted by molar-refractivity contribution is 7.98. The van der Waals surface area contributed by atoms with Gasteiger partial charge in [0.25, 0.3) is 0 Å². The number of benzene rings is 1. The summed E-state index contributed by atoms with van der Waals surface area (Å²) < 4.78 is 5.53. The van der Waals surface area contributed by atoms with Gasteiger partial charge in [0.05, 0.1) is 18.9 Å². The Bertz CT molecular complexity index is 1160. The molecule has 0 spiro atoms. The summed E-state index contributed by atoms with van der Waals surface area (Å²) >= 11 is 1.55. The normalized spacial score (nSPS) is 22.3. The Balaban J connectivity index is 1.21. The molecule has 1 aliphatic heterocycles. The molecule has 0 radical (unpaired) electrons. The minimum Gasteiger partial charge on any atom is -0.379 e. The summed E-state index contributed by atoms with van der Waals surface area (Å²) in [4.78, 5) is 20.9. The first-order valence-corrected chi connectivity index (χ1v) is 13.4. The molecule has 2 fully saturated rings. The van der Waals surface area contributed by atoms with E-state index in [1.807, 2.05) is 18.6 Å². The number of anilines is 1. The molecule has 3 aliphatic rings.